The van der Waals surface area contributed by atoms with Gasteiger partial charge in [0, 0.05) is 24.7 Å². The first kappa shape index (κ1) is 15.2. The Morgan fingerprint density at radius 1 is 1.04 bits per heavy atom. The molecular weight excluding hydrogens is 326 g/mol. The normalized spacial score (nSPS) is 20.0. The van der Waals surface area contributed by atoms with E-state index in [9.17, 15) is 9.59 Å². The highest BCUT2D eigenvalue weighted by Gasteiger charge is 2.36. The van der Waals surface area contributed by atoms with Crippen LogP contribution in [0.5, 0.6) is 0 Å². The number of amides is 2. The van der Waals surface area contributed by atoms with Gasteiger partial charge in [0.15, 0.2) is 0 Å². The molecule has 5 nitrogen and oxygen atoms in total. The lowest BCUT2D eigenvalue weighted by Gasteiger charge is -2.33. The molecule has 2 heterocycles. The number of benzene rings is 2. The molecule has 0 aromatic heterocycles. The van der Waals surface area contributed by atoms with Crippen LogP contribution in [0.15, 0.2) is 42.5 Å². The van der Waals surface area contributed by atoms with Gasteiger partial charge in [0.1, 0.15) is 6.04 Å². The molecule has 2 amide bonds. The number of hydrogen-bond acceptors (Lipinski definition) is 3. The van der Waals surface area contributed by atoms with E-state index in [1.165, 1.54) is 0 Å². The van der Waals surface area contributed by atoms with Gasteiger partial charge in [0.25, 0.3) is 5.91 Å². The second-order valence-corrected chi connectivity index (χ2v) is 6.41. The van der Waals surface area contributed by atoms with Gasteiger partial charge in [-0.2, -0.15) is 0 Å². The number of nitrogens with zero attached hydrogens (tertiary/aromatic N) is 1. The molecule has 1 atom stereocenters. The molecule has 1 unspecified atom stereocenters. The zero-order chi connectivity index (χ0) is 16.7. The molecule has 6 heteroatoms. The summed E-state index contributed by atoms with van der Waals surface area (Å²) in [5, 5.41) is 6.71. The van der Waals surface area contributed by atoms with Crippen molar-refractivity contribution < 1.29 is 9.59 Å². The molecule has 0 bridgehead atoms. The van der Waals surface area contributed by atoms with Crippen molar-refractivity contribution in [2.45, 2.75) is 6.04 Å². The monoisotopic (exact) mass is 341 g/mol. The zero-order valence-electron chi connectivity index (χ0n) is 12.9. The fraction of sp³-hybridized carbons (Fsp3) is 0.222. The molecule has 24 heavy (non-hydrogen) atoms. The molecule has 0 spiro atoms. The zero-order valence-corrected chi connectivity index (χ0v) is 13.6. The summed E-state index contributed by atoms with van der Waals surface area (Å²) in [7, 11) is 0. The van der Waals surface area contributed by atoms with Crippen molar-refractivity contribution in [1.82, 2.24) is 10.2 Å². The summed E-state index contributed by atoms with van der Waals surface area (Å²) in [6.45, 7) is 1.71. The summed E-state index contributed by atoms with van der Waals surface area (Å²) >= 11 is 5.94. The molecule has 0 saturated carbocycles. The third-order valence-corrected chi connectivity index (χ3v) is 4.74. The van der Waals surface area contributed by atoms with Gasteiger partial charge in [0.05, 0.1) is 11.3 Å². The minimum atomic E-state index is -0.461. The number of hydrogen-bond donors (Lipinski definition) is 2. The highest BCUT2D eigenvalue weighted by Crippen LogP contribution is 2.30. The first-order chi connectivity index (χ1) is 11.6. The summed E-state index contributed by atoms with van der Waals surface area (Å²) in [4.78, 5) is 27.0. The van der Waals surface area contributed by atoms with Gasteiger partial charge in [-0.1, -0.05) is 29.8 Å². The molecule has 1 saturated heterocycles. The van der Waals surface area contributed by atoms with Gasteiger partial charge in [-0.25, -0.2) is 0 Å². The molecule has 2 N–H and O–H groups in total. The predicted octanol–water partition coefficient (Wildman–Crippen LogP) is 2.37. The van der Waals surface area contributed by atoms with Crippen LogP contribution >= 0.6 is 11.6 Å². The van der Waals surface area contributed by atoms with E-state index in [2.05, 4.69) is 10.6 Å². The second-order valence-electron chi connectivity index (χ2n) is 5.97. The summed E-state index contributed by atoms with van der Waals surface area (Å²) in [5.74, 6) is -0.251. The van der Waals surface area contributed by atoms with Gasteiger partial charge in [-0.3, -0.25) is 9.59 Å². The molecule has 122 valence electrons. The van der Waals surface area contributed by atoms with Crippen LogP contribution < -0.4 is 10.6 Å². The summed E-state index contributed by atoms with van der Waals surface area (Å²) in [6, 6.07) is 12.5. The Hall–Kier alpha value is -2.37. The standard InChI is InChI=1S/C18H16ClN3O2/c19-13-4-1-11(2-5-13)12-3-6-15-14(9-12)18(24)22-8-7-20-10-16(22)17(23)21-15/h1-6,9,16,20H,7-8,10H2,(H,21,23). The van der Waals surface area contributed by atoms with E-state index in [1.807, 2.05) is 36.4 Å². The van der Waals surface area contributed by atoms with E-state index in [0.717, 1.165) is 11.1 Å². The van der Waals surface area contributed by atoms with E-state index < -0.39 is 6.04 Å². The van der Waals surface area contributed by atoms with Crippen molar-refractivity contribution >= 4 is 29.1 Å². The Morgan fingerprint density at radius 2 is 1.79 bits per heavy atom. The topological polar surface area (TPSA) is 61.4 Å². The first-order valence-corrected chi connectivity index (χ1v) is 8.24. The van der Waals surface area contributed by atoms with Crippen LogP contribution in [0.1, 0.15) is 10.4 Å². The van der Waals surface area contributed by atoms with Crippen LogP contribution in [-0.4, -0.2) is 42.4 Å². The molecule has 4 rings (SSSR count). The van der Waals surface area contributed by atoms with Crippen LogP contribution in [-0.2, 0) is 4.79 Å². The highest BCUT2D eigenvalue weighted by molar-refractivity contribution is 6.30. The molecule has 2 aromatic rings. The number of piperazine rings is 1. The number of nitrogens with one attached hydrogen (secondary N) is 2. The maximum absolute atomic E-state index is 12.9. The third-order valence-electron chi connectivity index (χ3n) is 4.49. The largest absolute Gasteiger partial charge is 0.324 e. The number of carbonyl (C=O) groups is 2. The Morgan fingerprint density at radius 3 is 2.58 bits per heavy atom. The summed E-state index contributed by atoms with van der Waals surface area (Å²) in [6.07, 6.45) is 0. The van der Waals surface area contributed by atoms with Gasteiger partial charge in [-0.15, -0.1) is 0 Å². The van der Waals surface area contributed by atoms with Crippen molar-refractivity contribution in [1.29, 1.82) is 0 Å². The maximum Gasteiger partial charge on any atom is 0.256 e. The lowest BCUT2D eigenvalue weighted by molar-refractivity contribution is -0.120. The van der Waals surface area contributed by atoms with Gasteiger partial charge >= 0.3 is 0 Å². The van der Waals surface area contributed by atoms with Crippen LogP contribution in [0.25, 0.3) is 11.1 Å². The van der Waals surface area contributed by atoms with Gasteiger partial charge in [-0.05, 0) is 35.4 Å². The van der Waals surface area contributed by atoms with Crippen molar-refractivity contribution in [3.05, 3.63) is 53.1 Å². The van der Waals surface area contributed by atoms with Crippen LogP contribution in [0.4, 0.5) is 5.69 Å². The third kappa shape index (κ3) is 2.56. The number of rotatable bonds is 1. The van der Waals surface area contributed by atoms with Crippen LogP contribution in [0.3, 0.4) is 0 Å². The van der Waals surface area contributed by atoms with E-state index in [-0.39, 0.29) is 11.8 Å². The van der Waals surface area contributed by atoms with E-state index in [1.54, 1.807) is 11.0 Å². The van der Waals surface area contributed by atoms with Gasteiger partial charge in [0.2, 0.25) is 5.91 Å². The molecule has 0 aliphatic carbocycles. The summed E-state index contributed by atoms with van der Waals surface area (Å²) in [5.41, 5.74) is 2.99. The molecule has 2 aliphatic heterocycles. The number of fused-ring (bicyclic) bond motifs is 2. The minimum Gasteiger partial charge on any atom is -0.324 e. The Bertz CT molecular complexity index is 820. The Balaban J connectivity index is 1.77. The lowest BCUT2D eigenvalue weighted by atomic mass is 10.0. The summed E-state index contributed by atoms with van der Waals surface area (Å²) < 4.78 is 0. The highest BCUT2D eigenvalue weighted by atomic mass is 35.5. The van der Waals surface area contributed by atoms with Crippen molar-refractivity contribution in [3.8, 4) is 11.1 Å². The SMILES string of the molecule is O=C1Nc2ccc(-c3ccc(Cl)cc3)cc2C(=O)N2CCNCC12. The smallest absolute Gasteiger partial charge is 0.256 e. The first-order valence-electron chi connectivity index (χ1n) is 7.86. The molecule has 1 fully saturated rings. The fourth-order valence-corrected chi connectivity index (χ4v) is 3.33. The maximum atomic E-state index is 12.9. The number of carbonyl (C=O) groups excluding carboxylic acids is 2. The number of halogens is 1. The van der Waals surface area contributed by atoms with E-state index in [4.69, 9.17) is 11.6 Å². The number of anilines is 1. The average Bonchev–Trinajstić information content (AvgIpc) is 2.71. The molecule has 0 radical (unpaired) electrons. The van der Waals surface area contributed by atoms with E-state index in [0.29, 0.717) is 35.9 Å². The Kier molecular flexibility index (Phi) is 3.75. The minimum absolute atomic E-state index is 0.106. The van der Waals surface area contributed by atoms with Gasteiger partial charge < -0.3 is 15.5 Å². The molecule has 2 aromatic carbocycles. The van der Waals surface area contributed by atoms with E-state index >= 15 is 0 Å². The lowest BCUT2D eigenvalue weighted by Crippen LogP contribution is -2.57. The quantitative estimate of drug-likeness (QED) is 0.837. The molecule has 2 aliphatic rings. The van der Waals surface area contributed by atoms with Crippen molar-refractivity contribution in [2.24, 2.45) is 0 Å². The van der Waals surface area contributed by atoms with Crippen molar-refractivity contribution in [3.63, 3.8) is 0 Å². The average molecular weight is 342 g/mol. The van der Waals surface area contributed by atoms with Crippen LogP contribution in [0.2, 0.25) is 5.02 Å². The molecular formula is C18H16ClN3O2. The fourth-order valence-electron chi connectivity index (χ4n) is 3.20. The van der Waals surface area contributed by atoms with Crippen LogP contribution in [0, 0.1) is 0 Å². The second kappa shape index (κ2) is 5.92. The van der Waals surface area contributed by atoms with Crippen molar-refractivity contribution in [2.75, 3.05) is 25.0 Å². The Labute approximate surface area is 144 Å². The predicted molar refractivity (Wildman–Crippen MR) is 93.2 cm³/mol.